The molecule has 2 aromatic rings. The second-order valence-electron chi connectivity index (χ2n) is 4.85. The molecular weight excluding hydrogens is 244 g/mol. The number of piperidine rings is 1. The minimum Gasteiger partial charge on any atom is -0.334 e. The summed E-state index contributed by atoms with van der Waals surface area (Å²) in [6.45, 7) is 1.97. The van der Waals surface area contributed by atoms with E-state index >= 15 is 0 Å². The summed E-state index contributed by atoms with van der Waals surface area (Å²) in [5.74, 6) is 1.52. The smallest absolute Gasteiger partial charge is 0.258 e. The lowest BCUT2D eigenvalue weighted by atomic mass is 9.98. The summed E-state index contributed by atoms with van der Waals surface area (Å²) in [7, 11) is 1.71. The Morgan fingerprint density at radius 3 is 2.95 bits per heavy atom. The average Bonchev–Trinajstić information content (AvgIpc) is 2.93. The van der Waals surface area contributed by atoms with E-state index in [4.69, 9.17) is 4.52 Å². The van der Waals surface area contributed by atoms with E-state index in [0.29, 0.717) is 17.4 Å². The zero-order valence-electron chi connectivity index (χ0n) is 10.8. The van der Waals surface area contributed by atoms with Crippen molar-refractivity contribution in [1.82, 2.24) is 20.0 Å². The van der Waals surface area contributed by atoms with Crippen LogP contribution in [-0.4, -0.2) is 27.8 Å². The van der Waals surface area contributed by atoms with Crippen molar-refractivity contribution < 1.29 is 4.52 Å². The van der Waals surface area contributed by atoms with E-state index in [-0.39, 0.29) is 5.56 Å². The second-order valence-corrected chi connectivity index (χ2v) is 4.85. The third kappa shape index (κ3) is 2.44. The lowest BCUT2D eigenvalue weighted by molar-refractivity contribution is 0.392. The fourth-order valence-corrected chi connectivity index (χ4v) is 2.28. The molecule has 6 nitrogen and oxygen atoms in total. The molecule has 6 heteroatoms. The van der Waals surface area contributed by atoms with Crippen LogP contribution in [0.4, 0.5) is 0 Å². The number of aromatic nitrogens is 3. The van der Waals surface area contributed by atoms with Gasteiger partial charge < -0.3 is 14.4 Å². The lowest BCUT2D eigenvalue weighted by Crippen LogP contribution is -2.27. The molecule has 0 saturated carbocycles. The standard InChI is InChI=1S/C13H16N4O2/c1-17-7-4-10(8-11(17)18)13-15-12(16-19-13)9-2-5-14-6-3-9/h4,7-9,14H,2-3,5-6H2,1H3. The maximum atomic E-state index is 11.6. The third-order valence-corrected chi connectivity index (χ3v) is 3.50. The van der Waals surface area contributed by atoms with Gasteiger partial charge >= 0.3 is 0 Å². The number of rotatable bonds is 2. The first-order valence-electron chi connectivity index (χ1n) is 6.45. The Labute approximate surface area is 110 Å². The molecule has 3 heterocycles. The number of pyridine rings is 1. The first-order chi connectivity index (χ1) is 9.24. The molecule has 0 aliphatic carbocycles. The fourth-order valence-electron chi connectivity index (χ4n) is 2.28. The highest BCUT2D eigenvalue weighted by atomic mass is 16.5. The van der Waals surface area contributed by atoms with Crippen molar-refractivity contribution in [2.75, 3.05) is 13.1 Å². The molecule has 1 fully saturated rings. The van der Waals surface area contributed by atoms with Gasteiger partial charge in [0, 0.05) is 30.8 Å². The van der Waals surface area contributed by atoms with Crippen molar-refractivity contribution >= 4 is 0 Å². The number of aryl methyl sites for hydroxylation is 1. The van der Waals surface area contributed by atoms with Gasteiger partial charge in [-0.1, -0.05) is 5.16 Å². The first-order valence-corrected chi connectivity index (χ1v) is 6.45. The van der Waals surface area contributed by atoms with Gasteiger partial charge in [0.15, 0.2) is 5.82 Å². The zero-order valence-corrected chi connectivity index (χ0v) is 10.8. The van der Waals surface area contributed by atoms with E-state index in [1.165, 1.54) is 10.6 Å². The molecule has 100 valence electrons. The minimum atomic E-state index is -0.0842. The molecular formula is C13H16N4O2. The second kappa shape index (κ2) is 4.97. The van der Waals surface area contributed by atoms with E-state index in [9.17, 15) is 4.79 Å². The quantitative estimate of drug-likeness (QED) is 0.868. The van der Waals surface area contributed by atoms with Crippen molar-refractivity contribution in [3.8, 4) is 11.5 Å². The van der Waals surface area contributed by atoms with E-state index in [0.717, 1.165) is 31.8 Å². The highest BCUT2D eigenvalue weighted by molar-refractivity contribution is 5.51. The predicted octanol–water partition coefficient (Wildman–Crippen LogP) is 0.902. The van der Waals surface area contributed by atoms with Crippen LogP contribution in [0, 0.1) is 0 Å². The minimum absolute atomic E-state index is 0.0842. The van der Waals surface area contributed by atoms with Crippen molar-refractivity contribution in [3.05, 3.63) is 34.5 Å². The number of hydrogen-bond acceptors (Lipinski definition) is 5. The number of hydrogen-bond donors (Lipinski definition) is 1. The van der Waals surface area contributed by atoms with Crippen molar-refractivity contribution in [3.63, 3.8) is 0 Å². The molecule has 0 aromatic carbocycles. The van der Waals surface area contributed by atoms with Crippen LogP contribution < -0.4 is 10.9 Å². The molecule has 3 rings (SSSR count). The lowest BCUT2D eigenvalue weighted by Gasteiger charge is -2.18. The summed E-state index contributed by atoms with van der Waals surface area (Å²) in [6.07, 6.45) is 3.75. The largest absolute Gasteiger partial charge is 0.334 e. The summed E-state index contributed by atoms with van der Waals surface area (Å²) < 4.78 is 6.78. The Hall–Kier alpha value is -1.95. The van der Waals surface area contributed by atoms with E-state index in [1.54, 1.807) is 19.3 Å². The highest BCUT2D eigenvalue weighted by Gasteiger charge is 2.21. The van der Waals surface area contributed by atoms with Gasteiger partial charge in [-0.25, -0.2) is 0 Å². The van der Waals surface area contributed by atoms with Gasteiger partial charge in [-0.2, -0.15) is 4.98 Å². The van der Waals surface area contributed by atoms with Gasteiger partial charge in [-0.3, -0.25) is 4.79 Å². The monoisotopic (exact) mass is 260 g/mol. The Bertz CT molecular complexity index is 626. The SMILES string of the molecule is Cn1ccc(-c2nc(C3CCNCC3)no2)cc1=O. The van der Waals surface area contributed by atoms with Crippen molar-refractivity contribution in [2.24, 2.45) is 7.05 Å². The molecule has 0 atom stereocenters. The Morgan fingerprint density at radius 2 is 2.21 bits per heavy atom. The molecule has 0 bridgehead atoms. The summed E-state index contributed by atoms with van der Waals surface area (Å²) >= 11 is 0. The van der Waals surface area contributed by atoms with E-state index in [2.05, 4.69) is 15.5 Å². The van der Waals surface area contributed by atoms with Crippen molar-refractivity contribution in [1.29, 1.82) is 0 Å². The van der Waals surface area contributed by atoms with Gasteiger partial charge in [-0.15, -0.1) is 0 Å². The fraction of sp³-hybridized carbons (Fsp3) is 0.462. The predicted molar refractivity (Wildman–Crippen MR) is 69.8 cm³/mol. The van der Waals surface area contributed by atoms with Crippen molar-refractivity contribution in [2.45, 2.75) is 18.8 Å². The van der Waals surface area contributed by atoms with Crippen LogP contribution in [0.15, 0.2) is 27.6 Å². The van der Waals surface area contributed by atoms with Crippen LogP contribution in [0.3, 0.4) is 0 Å². The molecule has 0 unspecified atom stereocenters. The number of nitrogens with one attached hydrogen (secondary N) is 1. The van der Waals surface area contributed by atoms with Crippen LogP contribution >= 0.6 is 0 Å². The van der Waals surface area contributed by atoms with Crippen LogP contribution in [0.25, 0.3) is 11.5 Å². The van der Waals surface area contributed by atoms with E-state index in [1.807, 2.05) is 0 Å². The molecule has 0 amide bonds. The molecule has 1 saturated heterocycles. The topological polar surface area (TPSA) is 73.0 Å². The van der Waals surface area contributed by atoms with Crippen LogP contribution in [0.2, 0.25) is 0 Å². The van der Waals surface area contributed by atoms with Gasteiger partial charge in [0.05, 0.1) is 0 Å². The van der Waals surface area contributed by atoms with Crippen LogP contribution in [0.1, 0.15) is 24.6 Å². The van der Waals surface area contributed by atoms with Gasteiger partial charge in [-0.05, 0) is 32.0 Å². The van der Waals surface area contributed by atoms with Crippen LogP contribution in [0.5, 0.6) is 0 Å². The van der Waals surface area contributed by atoms with Gasteiger partial charge in [0.1, 0.15) is 0 Å². The number of nitrogens with zero attached hydrogens (tertiary/aromatic N) is 3. The maximum absolute atomic E-state index is 11.6. The molecule has 1 aliphatic rings. The Kier molecular flexibility index (Phi) is 3.16. The Balaban J connectivity index is 1.87. The van der Waals surface area contributed by atoms with Gasteiger partial charge in [0.25, 0.3) is 11.4 Å². The summed E-state index contributed by atoms with van der Waals surface area (Å²) in [6, 6.07) is 3.32. The molecule has 1 aliphatic heterocycles. The molecule has 0 radical (unpaired) electrons. The molecule has 2 aromatic heterocycles. The highest BCUT2D eigenvalue weighted by Crippen LogP contribution is 2.24. The normalized spacial score (nSPS) is 16.7. The zero-order chi connectivity index (χ0) is 13.2. The first kappa shape index (κ1) is 12.1. The average molecular weight is 260 g/mol. The maximum Gasteiger partial charge on any atom is 0.258 e. The molecule has 19 heavy (non-hydrogen) atoms. The van der Waals surface area contributed by atoms with Gasteiger partial charge in [0.2, 0.25) is 0 Å². The Morgan fingerprint density at radius 1 is 1.42 bits per heavy atom. The third-order valence-electron chi connectivity index (χ3n) is 3.50. The summed E-state index contributed by atoms with van der Waals surface area (Å²) in [4.78, 5) is 16.0. The summed E-state index contributed by atoms with van der Waals surface area (Å²) in [5, 5.41) is 7.35. The van der Waals surface area contributed by atoms with E-state index < -0.39 is 0 Å². The molecule has 0 spiro atoms. The molecule has 1 N–H and O–H groups in total. The summed E-state index contributed by atoms with van der Waals surface area (Å²) in [5.41, 5.74) is 0.593. The van der Waals surface area contributed by atoms with Crippen LogP contribution in [-0.2, 0) is 7.05 Å².